The van der Waals surface area contributed by atoms with Crippen LogP contribution in [-0.4, -0.2) is 18.0 Å². The molecule has 1 unspecified atom stereocenters. The minimum atomic E-state index is -3.80. The molecule has 0 saturated carbocycles. The molecular formula is C7H8ClN3O2S. The summed E-state index contributed by atoms with van der Waals surface area (Å²) in [6.45, 7) is 1.82. The summed E-state index contributed by atoms with van der Waals surface area (Å²) in [7, 11) is 1.28. The lowest BCUT2D eigenvalue weighted by Crippen LogP contribution is -2.02. The van der Waals surface area contributed by atoms with Crippen LogP contribution < -0.4 is 0 Å². The fourth-order valence-electron chi connectivity index (χ4n) is 0.983. The third-order valence-electron chi connectivity index (χ3n) is 1.72. The topological polar surface area (TPSA) is 75.8 Å². The first-order valence-electron chi connectivity index (χ1n) is 3.86. The average molecular weight is 234 g/mol. The van der Waals surface area contributed by atoms with Gasteiger partial charge in [0.25, 0.3) is 9.05 Å². The van der Waals surface area contributed by atoms with Crippen molar-refractivity contribution in [3.05, 3.63) is 12.5 Å². The molecule has 1 aromatic rings. The number of aromatic nitrogens is 2. The molecule has 1 rings (SSSR count). The summed E-state index contributed by atoms with van der Waals surface area (Å²) < 4.78 is 23.1. The third-order valence-corrected chi connectivity index (χ3v) is 2.91. The molecule has 0 radical (unpaired) electrons. The Morgan fingerprint density at radius 1 is 1.79 bits per heavy atom. The molecule has 0 aliphatic rings. The van der Waals surface area contributed by atoms with Gasteiger partial charge in [0.15, 0.2) is 5.03 Å². The maximum atomic E-state index is 10.9. The van der Waals surface area contributed by atoms with E-state index in [1.165, 1.54) is 17.1 Å². The molecule has 5 nitrogen and oxygen atoms in total. The predicted molar refractivity (Wildman–Crippen MR) is 50.2 cm³/mol. The Labute approximate surface area is 86.4 Å². The van der Waals surface area contributed by atoms with Crippen LogP contribution in [0.3, 0.4) is 0 Å². The van der Waals surface area contributed by atoms with E-state index in [1.54, 1.807) is 0 Å². The first-order chi connectivity index (χ1) is 6.49. The van der Waals surface area contributed by atoms with Gasteiger partial charge in [-0.15, -0.1) is 0 Å². The van der Waals surface area contributed by atoms with Crippen LogP contribution in [-0.2, 0) is 9.05 Å². The number of rotatable bonds is 3. The molecule has 0 aliphatic carbocycles. The van der Waals surface area contributed by atoms with Gasteiger partial charge in [-0.05, 0) is 6.42 Å². The molecule has 1 heterocycles. The van der Waals surface area contributed by atoms with Crippen LogP contribution in [0.15, 0.2) is 17.6 Å². The molecule has 0 aromatic carbocycles. The number of hydrogen-bond acceptors (Lipinski definition) is 4. The summed E-state index contributed by atoms with van der Waals surface area (Å²) in [5.41, 5.74) is 0. The van der Waals surface area contributed by atoms with Gasteiger partial charge in [0.1, 0.15) is 6.04 Å². The predicted octanol–water partition coefficient (Wildman–Crippen LogP) is 1.29. The van der Waals surface area contributed by atoms with E-state index < -0.39 is 15.1 Å². The quantitative estimate of drug-likeness (QED) is 0.737. The number of imidazole rings is 1. The van der Waals surface area contributed by atoms with Gasteiger partial charge in [0.2, 0.25) is 0 Å². The first-order valence-corrected chi connectivity index (χ1v) is 6.17. The van der Waals surface area contributed by atoms with Crippen molar-refractivity contribution in [3.63, 3.8) is 0 Å². The van der Waals surface area contributed by atoms with Gasteiger partial charge < -0.3 is 4.57 Å². The Bertz CT molecular complexity index is 460. The van der Waals surface area contributed by atoms with Crippen LogP contribution in [0.1, 0.15) is 19.4 Å². The van der Waals surface area contributed by atoms with Crippen molar-refractivity contribution in [2.75, 3.05) is 0 Å². The van der Waals surface area contributed by atoms with Crippen molar-refractivity contribution < 1.29 is 8.42 Å². The second-order valence-electron chi connectivity index (χ2n) is 2.65. The molecule has 0 spiro atoms. The van der Waals surface area contributed by atoms with E-state index in [0.717, 1.165) is 0 Å². The maximum absolute atomic E-state index is 10.9. The largest absolute Gasteiger partial charge is 0.320 e. The van der Waals surface area contributed by atoms with Crippen LogP contribution in [0.5, 0.6) is 0 Å². The Balaban J connectivity index is 3.07. The Morgan fingerprint density at radius 2 is 2.43 bits per heavy atom. The van der Waals surface area contributed by atoms with E-state index in [-0.39, 0.29) is 5.03 Å². The SMILES string of the molecule is CCC(C#N)n1cnc(S(=O)(=O)Cl)c1. The van der Waals surface area contributed by atoms with Crippen LogP contribution in [0.4, 0.5) is 0 Å². The van der Waals surface area contributed by atoms with Crippen LogP contribution in [0.25, 0.3) is 0 Å². The highest BCUT2D eigenvalue weighted by atomic mass is 35.7. The van der Waals surface area contributed by atoms with Crippen LogP contribution >= 0.6 is 10.7 Å². The molecule has 0 amide bonds. The smallest absolute Gasteiger partial charge is 0.280 e. The zero-order valence-corrected chi connectivity index (χ0v) is 8.96. The molecule has 14 heavy (non-hydrogen) atoms. The lowest BCUT2D eigenvalue weighted by Gasteiger charge is -2.05. The monoisotopic (exact) mass is 233 g/mol. The van der Waals surface area contributed by atoms with Gasteiger partial charge in [-0.2, -0.15) is 5.26 Å². The van der Waals surface area contributed by atoms with E-state index in [0.29, 0.717) is 6.42 Å². The van der Waals surface area contributed by atoms with E-state index in [4.69, 9.17) is 15.9 Å². The highest BCUT2D eigenvalue weighted by Crippen LogP contribution is 2.16. The van der Waals surface area contributed by atoms with Crippen molar-refractivity contribution in [2.24, 2.45) is 0 Å². The lowest BCUT2D eigenvalue weighted by molar-refractivity contribution is 0.592. The molecule has 1 atom stereocenters. The van der Waals surface area contributed by atoms with Gasteiger partial charge in [0.05, 0.1) is 12.4 Å². The summed E-state index contributed by atoms with van der Waals surface area (Å²) in [6.07, 6.45) is 3.11. The van der Waals surface area contributed by atoms with Crippen molar-refractivity contribution in [1.29, 1.82) is 5.26 Å². The molecule has 7 heteroatoms. The summed E-state index contributed by atoms with van der Waals surface area (Å²) in [5, 5.41) is 8.48. The summed E-state index contributed by atoms with van der Waals surface area (Å²) in [6, 6.07) is 1.61. The second-order valence-corrected chi connectivity index (χ2v) is 5.16. The minimum Gasteiger partial charge on any atom is -0.320 e. The van der Waals surface area contributed by atoms with Gasteiger partial charge in [-0.1, -0.05) is 6.92 Å². The van der Waals surface area contributed by atoms with Crippen LogP contribution in [0, 0.1) is 11.3 Å². The van der Waals surface area contributed by atoms with Crippen molar-refractivity contribution in [1.82, 2.24) is 9.55 Å². The van der Waals surface area contributed by atoms with Gasteiger partial charge in [0, 0.05) is 16.9 Å². The fourth-order valence-corrected chi connectivity index (χ4v) is 1.64. The molecule has 0 fully saturated rings. The fraction of sp³-hybridized carbons (Fsp3) is 0.429. The molecular weight excluding hydrogens is 226 g/mol. The van der Waals surface area contributed by atoms with Crippen LogP contribution in [0.2, 0.25) is 0 Å². The molecule has 76 valence electrons. The lowest BCUT2D eigenvalue weighted by atomic mass is 10.2. The van der Waals surface area contributed by atoms with E-state index in [2.05, 4.69) is 4.98 Å². The Hall–Kier alpha value is -1.06. The van der Waals surface area contributed by atoms with Crippen molar-refractivity contribution in [2.45, 2.75) is 24.4 Å². The second kappa shape index (κ2) is 3.98. The van der Waals surface area contributed by atoms with Crippen molar-refractivity contribution in [3.8, 4) is 6.07 Å². The molecule has 1 aromatic heterocycles. The average Bonchev–Trinajstić information content (AvgIpc) is 2.54. The van der Waals surface area contributed by atoms with E-state index in [9.17, 15) is 8.42 Å². The Morgan fingerprint density at radius 3 is 2.79 bits per heavy atom. The number of nitrogens with zero attached hydrogens (tertiary/aromatic N) is 3. The first kappa shape index (κ1) is 11.0. The van der Waals surface area contributed by atoms with Crippen molar-refractivity contribution >= 4 is 19.7 Å². The number of hydrogen-bond donors (Lipinski definition) is 0. The Kier molecular flexibility index (Phi) is 3.13. The van der Waals surface area contributed by atoms with E-state index in [1.807, 2.05) is 13.0 Å². The molecule has 0 saturated heterocycles. The minimum absolute atomic E-state index is 0.229. The van der Waals surface area contributed by atoms with E-state index >= 15 is 0 Å². The highest BCUT2D eigenvalue weighted by Gasteiger charge is 2.16. The maximum Gasteiger partial charge on any atom is 0.280 e. The molecule has 0 bridgehead atoms. The summed E-state index contributed by atoms with van der Waals surface area (Å²) in [4.78, 5) is 3.60. The normalized spacial score (nSPS) is 13.5. The molecule has 0 N–H and O–H groups in total. The zero-order chi connectivity index (χ0) is 10.8. The number of nitriles is 1. The third kappa shape index (κ3) is 2.25. The summed E-state index contributed by atoms with van der Waals surface area (Å²) >= 11 is 0. The van der Waals surface area contributed by atoms with Gasteiger partial charge >= 0.3 is 0 Å². The standard InChI is InChI=1S/C7H8ClN3O2S/c1-2-6(3-9)11-4-7(10-5-11)14(8,12)13/h4-6H,2H2,1H3. The summed E-state index contributed by atoms with van der Waals surface area (Å²) in [5.74, 6) is 0. The number of halogens is 1. The highest BCUT2D eigenvalue weighted by molar-refractivity contribution is 8.13. The van der Waals surface area contributed by atoms with Gasteiger partial charge in [-0.25, -0.2) is 13.4 Å². The zero-order valence-electron chi connectivity index (χ0n) is 7.38. The van der Waals surface area contributed by atoms with Gasteiger partial charge in [-0.3, -0.25) is 0 Å². The molecule has 0 aliphatic heterocycles.